The fourth-order valence-corrected chi connectivity index (χ4v) is 1.97. The van der Waals surface area contributed by atoms with Crippen LogP contribution in [0.15, 0.2) is 9.95 Å². The van der Waals surface area contributed by atoms with Crippen LogP contribution in [0.2, 0.25) is 0 Å². The number of rotatable bonds is 5. The van der Waals surface area contributed by atoms with Crippen LogP contribution in [0.1, 0.15) is 24.6 Å². The summed E-state index contributed by atoms with van der Waals surface area (Å²) in [5, 5.41) is 11.0. The maximum absolute atomic E-state index is 11.6. The third-order valence-electron chi connectivity index (χ3n) is 1.96. The molecule has 0 radical (unpaired) electrons. The summed E-state index contributed by atoms with van der Waals surface area (Å²) in [6.07, 6.45) is 0.584. The predicted octanol–water partition coefficient (Wildman–Crippen LogP) is -0.127. The molecule has 0 atom stereocenters. The first-order valence-corrected chi connectivity index (χ1v) is 5.95. The molecule has 0 unspecified atom stereocenters. The number of aliphatic carboxylic acids is 1. The van der Waals surface area contributed by atoms with Crippen molar-refractivity contribution in [2.45, 2.75) is 31.8 Å². The molecule has 88 valence electrons. The molecule has 1 aromatic rings. The molecular weight excluding hydrogens is 228 g/mol. The molecule has 1 N–H and O–H groups in total. The topological polar surface area (TPSA) is 85.9 Å². The lowest BCUT2D eigenvalue weighted by molar-refractivity contribution is -0.304. The Morgan fingerprint density at radius 1 is 1.56 bits per heavy atom. The van der Waals surface area contributed by atoms with Crippen LogP contribution >= 0.6 is 11.8 Å². The fraction of sp³-hybridized carbons (Fsp3) is 0.500. The Morgan fingerprint density at radius 2 is 2.25 bits per heavy atom. The number of carbonyl (C=O) groups is 1. The van der Waals surface area contributed by atoms with Crippen molar-refractivity contribution in [3.63, 3.8) is 0 Å². The lowest BCUT2D eigenvalue weighted by Gasteiger charge is -2.06. The fourth-order valence-electron chi connectivity index (χ4n) is 1.20. The lowest BCUT2D eigenvalue weighted by Crippen LogP contribution is -2.29. The summed E-state index contributed by atoms with van der Waals surface area (Å²) in [6.45, 7) is 3.66. The summed E-state index contributed by atoms with van der Waals surface area (Å²) < 4.78 is 0. The maximum Gasteiger partial charge on any atom is 0.255 e. The van der Waals surface area contributed by atoms with Crippen LogP contribution in [0.4, 0.5) is 0 Å². The Balaban J connectivity index is 2.98. The van der Waals surface area contributed by atoms with Gasteiger partial charge in [-0.2, -0.15) is 0 Å². The molecule has 6 heteroatoms. The highest BCUT2D eigenvalue weighted by molar-refractivity contribution is 7.99. The average molecular weight is 241 g/mol. The second-order valence-electron chi connectivity index (χ2n) is 3.33. The van der Waals surface area contributed by atoms with E-state index in [9.17, 15) is 14.7 Å². The van der Waals surface area contributed by atoms with E-state index in [0.717, 1.165) is 12.2 Å². The Hall–Kier alpha value is -1.30. The normalized spacial score (nSPS) is 10.4. The van der Waals surface area contributed by atoms with Gasteiger partial charge in [0.2, 0.25) is 0 Å². The van der Waals surface area contributed by atoms with Crippen LogP contribution < -0.4 is 10.7 Å². The largest absolute Gasteiger partial charge is 0.550 e. The molecule has 1 aromatic heterocycles. The molecule has 0 amide bonds. The van der Waals surface area contributed by atoms with E-state index in [-0.39, 0.29) is 5.56 Å². The Morgan fingerprint density at radius 3 is 2.75 bits per heavy atom. The first-order valence-electron chi connectivity index (χ1n) is 4.97. The minimum absolute atomic E-state index is 0.167. The molecule has 0 fully saturated rings. The zero-order valence-corrected chi connectivity index (χ0v) is 10.0. The molecule has 0 bridgehead atoms. The van der Waals surface area contributed by atoms with Gasteiger partial charge in [0.25, 0.3) is 5.56 Å². The number of hydrogen-bond donors (Lipinski definition) is 1. The summed E-state index contributed by atoms with van der Waals surface area (Å²) in [7, 11) is 0. The first-order chi connectivity index (χ1) is 7.54. The van der Waals surface area contributed by atoms with Crippen LogP contribution in [-0.2, 0) is 11.2 Å². The molecule has 0 aliphatic heterocycles. The first kappa shape index (κ1) is 12.8. The number of thioether (sulfide) groups is 1. The van der Waals surface area contributed by atoms with Gasteiger partial charge in [0.15, 0.2) is 5.16 Å². The van der Waals surface area contributed by atoms with Crippen molar-refractivity contribution in [1.82, 2.24) is 9.97 Å². The molecular formula is C10H13N2O3S-. The molecule has 0 aromatic carbocycles. The number of aromatic nitrogens is 2. The van der Waals surface area contributed by atoms with Gasteiger partial charge in [0, 0.05) is 29.4 Å². The Labute approximate surface area is 97.3 Å². The number of aromatic amines is 1. The SMILES string of the molecule is CCCSc1nc(C)c(CC(=O)[O-])c(=O)[nH]1. The standard InChI is InChI=1S/C10H14N2O3S/c1-3-4-16-10-11-6(2)7(5-8(13)14)9(15)12-10/h3-5H2,1-2H3,(H,13,14)(H,11,12,15)/p-1. The van der Waals surface area contributed by atoms with Crippen molar-refractivity contribution in [1.29, 1.82) is 0 Å². The number of carbonyl (C=O) groups excluding carboxylic acids is 1. The summed E-state index contributed by atoms with van der Waals surface area (Å²) in [5.41, 5.74) is 0.225. The zero-order chi connectivity index (χ0) is 12.1. The Kier molecular flexibility index (Phi) is 4.54. The summed E-state index contributed by atoms with van der Waals surface area (Å²) in [6, 6.07) is 0. The molecule has 0 saturated carbocycles. The van der Waals surface area contributed by atoms with Gasteiger partial charge in [0.1, 0.15) is 0 Å². The van der Waals surface area contributed by atoms with Gasteiger partial charge in [-0.1, -0.05) is 18.7 Å². The van der Waals surface area contributed by atoms with Crippen LogP contribution in [0, 0.1) is 6.92 Å². The van der Waals surface area contributed by atoms with Crippen LogP contribution in [0.25, 0.3) is 0 Å². The van der Waals surface area contributed by atoms with Crippen LogP contribution in [-0.4, -0.2) is 21.7 Å². The number of carboxylic acid groups (broad SMARTS) is 1. The zero-order valence-electron chi connectivity index (χ0n) is 9.20. The van der Waals surface area contributed by atoms with Gasteiger partial charge >= 0.3 is 0 Å². The van der Waals surface area contributed by atoms with Crippen LogP contribution in [0.5, 0.6) is 0 Å². The highest BCUT2D eigenvalue weighted by Crippen LogP contribution is 2.13. The van der Waals surface area contributed by atoms with Crippen molar-refractivity contribution in [2.75, 3.05) is 5.75 Å². The summed E-state index contributed by atoms with van der Waals surface area (Å²) in [5.74, 6) is -0.410. The van der Waals surface area contributed by atoms with E-state index < -0.39 is 17.9 Å². The van der Waals surface area contributed by atoms with Gasteiger partial charge in [-0.25, -0.2) is 4.98 Å². The molecule has 0 aliphatic carbocycles. The minimum Gasteiger partial charge on any atom is -0.550 e. The molecule has 0 aliphatic rings. The van der Waals surface area contributed by atoms with E-state index in [2.05, 4.69) is 9.97 Å². The van der Waals surface area contributed by atoms with Crippen molar-refractivity contribution < 1.29 is 9.90 Å². The molecule has 0 spiro atoms. The summed E-state index contributed by atoms with van der Waals surface area (Å²) in [4.78, 5) is 28.7. The minimum atomic E-state index is -1.27. The monoisotopic (exact) mass is 241 g/mol. The van der Waals surface area contributed by atoms with Gasteiger partial charge in [-0.15, -0.1) is 0 Å². The average Bonchev–Trinajstić information content (AvgIpc) is 2.20. The van der Waals surface area contributed by atoms with Crippen LogP contribution in [0.3, 0.4) is 0 Å². The maximum atomic E-state index is 11.6. The smallest absolute Gasteiger partial charge is 0.255 e. The van der Waals surface area contributed by atoms with E-state index in [1.54, 1.807) is 6.92 Å². The van der Waals surface area contributed by atoms with Gasteiger partial charge in [0.05, 0.1) is 0 Å². The van der Waals surface area contributed by atoms with Gasteiger partial charge < -0.3 is 14.9 Å². The van der Waals surface area contributed by atoms with Gasteiger partial charge in [-0.3, -0.25) is 4.79 Å². The Bertz CT molecular complexity index is 442. The third kappa shape index (κ3) is 3.37. The molecule has 1 heterocycles. The quantitative estimate of drug-likeness (QED) is 0.573. The number of nitrogens with one attached hydrogen (secondary N) is 1. The van der Waals surface area contributed by atoms with Crippen molar-refractivity contribution in [2.24, 2.45) is 0 Å². The molecule has 5 nitrogen and oxygen atoms in total. The number of aryl methyl sites for hydroxylation is 1. The second-order valence-corrected chi connectivity index (χ2v) is 4.42. The van der Waals surface area contributed by atoms with E-state index >= 15 is 0 Å². The number of carboxylic acids is 1. The lowest BCUT2D eigenvalue weighted by atomic mass is 10.2. The molecule has 1 rings (SSSR count). The molecule has 0 saturated heterocycles. The van der Waals surface area contributed by atoms with E-state index in [1.807, 2.05) is 6.92 Å². The van der Waals surface area contributed by atoms with Gasteiger partial charge in [-0.05, 0) is 13.3 Å². The van der Waals surface area contributed by atoms with E-state index in [0.29, 0.717) is 10.9 Å². The summed E-state index contributed by atoms with van der Waals surface area (Å²) >= 11 is 1.45. The van der Waals surface area contributed by atoms with Crippen molar-refractivity contribution >= 4 is 17.7 Å². The highest BCUT2D eigenvalue weighted by Gasteiger charge is 2.08. The van der Waals surface area contributed by atoms with E-state index in [1.165, 1.54) is 11.8 Å². The van der Waals surface area contributed by atoms with Crippen molar-refractivity contribution in [3.05, 3.63) is 21.6 Å². The number of hydrogen-bond acceptors (Lipinski definition) is 5. The van der Waals surface area contributed by atoms with E-state index in [4.69, 9.17) is 0 Å². The predicted molar refractivity (Wildman–Crippen MR) is 59.3 cm³/mol. The number of nitrogens with zero attached hydrogens (tertiary/aromatic N) is 1. The number of H-pyrrole nitrogens is 1. The highest BCUT2D eigenvalue weighted by atomic mass is 32.2. The second kappa shape index (κ2) is 5.69. The third-order valence-corrected chi connectivity index (χ3v) is 3.04. The molecule has 16 heavy (non-hydrogen) atoms. The van der Waals surface area contributed by atoms with Crippen molar-refractivity contribution in [3.8, 4) is 0 Å².